The van der Waals surface area contributed by atoms with Crippen LogP contribution in [0.2, 0.25) is 0 Å². The molecule has 1 aliphatic carbocycles. The first-order valence-corrected chi connectivity index (χ1v) is 9.20. The van der Waals surface area contributed by atoms with Crippen LogP contribution >= 0.6 is 11.8 Å². The van der Waals surface area contributed by atoms with Gasteiger partial charge in [0, 0.05) is 5.69 Å². The van der Waals surface area contributed by atoms with Gasteiger partial charge in [0.05, 0.1) is 11.3 Å². The topological polar surface area (TPSA) is 72.7 Å². The normalized spacial score (nSPS) is 15.5. The Hall–Kier alpha value is -1.89. The van der Waals surface area contributed by atoms with Gasteiger partial charge in [0.2, 0.25) is 11.1 Å². The highest BCUT2D eigenvalue weighted by Crippen LogP contribution is 2.37. The molecule has 0 spiro atoms. The number of thioether (sulfide) groups is 1. The summed E-state index contributed by atoms with van der Waals surface area (Å²) in [4.78, 5) is 12.7. The van der Waals surface area contributed by atoms with Gasteiger partial charge in [0.1, 0.15) is 0 Å². The lowest BCUT2D eigenvalue weighted by atomic mass is 9.98. The van der Waals surface area contributed by atoms with E-state index in [4.69, 9.17) is 0 Å². The fourth-order valence-electron chi connectivity index (χ4n) is 2.59. The maximum atomic E-state index is 12.7. The Morgan fingerprint density at radius 2 is 2.08 bits per heavy atom. The van der Waals surface area contributed by atoms with Gasteiger partial charge in [-0.3, -0.25) is 4.79 Å². The highest BCUT2D eigenvalue weighted by molar-refractivity contribution is 8.00. The molecule has 2 aromatic rings. The molecule has 6 nitrogen and oxygen atoms in total. The van der Waals surface area contributed by atoms with Crippen LogP contribution in [0.5, 0.6) is 0 Å². The molecule has 1 heterocycles. The molecule has 0 aliphatic heterocycles. The molecule has 1 aromatic carbocycles. The standard InChI is InChI=1S/C17H23N5OS/c1-10(2)14-7-5-6-11(3)15(14)18-16(23)12(4)24-17-19-20-21-22(17)13-8-9-13/h5-7,10,12-13H,8-9H2,1-4H3,(H,18,23). The maximum Gasteiger partial charge on any atom is 0.237 e. The van der Waals surface area contributed by atoms with Crippen LogP contribution in [0.4, 0.5) is 5.69 Å². The Bertz CT molecular complexity index is 738. The molecule has 0 saturated heterocycles. The summed E-state index contributed by atoms with van der Waals surface area (Å²) in [6.45, 7) is 8.17. The van der Waals surface area contributed by atoms with Gasteiger partial charge >= 0.3 is 0 Å². The fourth-order valence-corrected chi connectivity index (χ4v) is 3.45. The summed E-state index contributed by atoms with van der Waals surface area (Å²) in [5, 5.41) is 15.4. The number of tetrazole rings is 1. The summed E-state index contributed by atoms with van der Waals surface area (Å²) >= 11 is 1.41. The monoisotopic (exact) mass is 345 g/mol. The van der Waals surface area contributed by atoms with E-state index >= 15 is 0 Å². The van der Waals surface area contributed by atoms with Crippen molar-refractivity contribution >= 4 is 23.4 Å². The number of aryl methyl sites for hydroxylation is 1. The summed E-state index contributed by atoms with van der Waals surface area (Å²) in [5.41, 5.74) is 3.16. The van der Waals surface area contributed by atoms with Crippen molar-refractivity contribution in [1.82, 2.24) is 20.2 Å². The van der Waals surface area contributed by atoms with E-state index in [2.05, 4.69) is 40.8 Å². The predicted octanol–water partition coefficient (Wildman–Crippen LogP) is 3.56. The SMILES string of the molecule is Cc1cccc(C(C)C)c1NC(=O)C(C)Sc1nnnn1C1CC1. The number of aromatic nitrogens is 4. The molecule has 7 heteroatoms. The van der Waals surface area contributed by atoms with Crippen LogP contribution in [0.15, 0.2) is 23.4 Å². The van der Waals surface area contributed by atoms with Crippen molar-refractivity contribution in [2.24, 2.45) is 0 Å². The van der Waals surface area contributed by atoms with E-state index in [1.165, 1.54) is 11.8 Å². The summed E-state index contributed by atoms with van der Waals surface area (Å²) in [5.74, 6) is 0.326. The predicted molar refractivity (Wildman–Crippen MR) is 95.3 cm³/mol. The lowest BCUT2D eigenvalue weighted by Gasteiger charge is -2.18. The van der Waals surface area contributed by atoms with E-state index in [1.807, 2.05) is 30.7 Å². The number of hydrogen-bond donors (Lipinski definition) is 1. The first-order valence-electron chi connectivity index (χ1n) is 8.32. The smallest absolute Gasteiger partial charge is 0.237 e. The first-order chi connectivity index (χ1) is 11.5. The highest BCUT2D eigenvalue weighted by Gasteiger charge is 2.29. The van der Waals surface area contributed by atoms with E-state index in [9.17, 15) is 4.79 Å². The van der Waals surface area contributed by atoms with Crippen molar-refractivity contribution in [3.8, 4) is 0 Å². The van der Waals surface area contributed by atoms with Crippen LogP contribution in [-0.2, 0) is 4.79 Å². The molecule has 1 aromatic heterocycles. The molecule has 128 valence electrons. The molecule has 1 fully saturated rings. The molecule has 3 rings (SSSR count). The Labute approximate surface area is 146 Å². The quantitative estimate of drug-likeness (QED) is 0.811. The number of benzene rings is 1. The molecule has 1 aliphatic rings. The van der Waals surface area contributed by atoms with Crippen molar-refractivity contribution < 1.29 is 4.79 Å². The lowest BCUT2D eigenvalue weighted by Crippen LogP contribution is -2.24. The molecular formula is C17H23N5OS. The van der Waals surface area contributed by atoms with Gasteiger partial charge in [-0.1, -0.05) is 43.8 Å². The second kappa shape index (κ2) is 6.93. The zero-order valence-electron chi connectivity index (χ0n) is 14.5. The number of anilines is 1. The van der Waals surface area contributed by atoms with Crippen LogP contribution in [0.3, 0.4) is 0 Å². The van der Waals surface area contributed by atoms with Gasteiger partial charge in [-0.05, 0) is 54.2 Å². The molecule has 1 saturated carbocycles. The van der Waals surface area contributed by atoms with Crippen LogP contribution < -0.4 is 5.32 Å². The van der Waals surface area contributed by atoms with Crippen molar-refractivity contribution in [2.75, 3.05) is 5.32 Å². The summed E-state index contributed by atoms with van der Waals surface area (Å²) < 4.78 is 1.84. The number of amides is 1. The molecule has 1 unspecified atom stereocenters. The van der Waals surface area contributed by atoms with Gasteiger partial charge in [-0.15, -0.1) is 5.10 Å². The summed E-state index contributed by atoms with van der Waals surface area (Å²) in [7, 11) is 0. The first kappa shape index (κ1) is 17.0. The number of carbonyl (C=O) groups excluding carboxylic acids is 1. The number of nitrogens with one attached hydrogen (secondary N) is 1. The van der Waals surface area contributed by atoms with Crippen molar-refractivity contribution in [3.63, 3.8) is 0 Å². The van der Waals surface area contributed by atoms with Crippen LogP contribution in [0.25, 0.3) is 0 Å². The summed E-state index contributed by atoms with van der Waals surface area (Å²) in [6.07, 6.45) is 2.22. The minimum atomic E-state index is -0.270. The molecule has 1 amide bonds. The third-order valence-corrected chi connectivity index (χ3v) is 5.23. The van der Waals surface area contributed by atoms with Gasteiger partial charge in [0.25, 0.3) is 0 Å². The molecule has 0 bridgehead atoms. The minimum absolute atomic E-state index is 0.0263. The fraction of sp³-hybridized carbons (Fsp3) is 0.529. The van der Waals surface area contributed by atoms with Crippen LogP contribution in [0.1, 0.15) is 56.7 Å². The molecule has 1 N–H and O–H groups in total. The molecule has 0 radical (unpaired) electrons. The second-order valence-electron chi connectivity index (χ2n) is 6.58. The van der Waals surface area contributed by atoms with E-state index in [0.717, 1.165) is 29.7 Å². The van der Waals surface area contributed by atoms with Crippen LogP contribution in [-0.4, -0.2) is 31.4 Å². The molecule has 24 heavy (non-hydrogen) atoms. The number of nitrogens with zero attached hydrogens (tertiary/aromatic N) is 4. The minimum Gasteiger partial charge on any atom is -0.325 e. The Morgan fingerprint density at radius 3 is 2.75 bits per heavy atom. The van der Waals surface area contributed by atoms with E-state index < -0.39 is 0 Å². The second-order valence-corrected chi connectivity index (χ2v) is 7.89. The number of rotatable bonds is 6. The van der Waals surface area contributed by atoms with E-state index in [1.54, 1.807) is 0 Å². The highest BCUT2D eigenvalue weighted by atomic mass is 32.2. The van der Waals surface area contributed by atoms with Gasteiger partial charge in [-0.25, -0.2) is 4.68 Å². The van der Waals surface area contributed by atoms with Gasteiger partial charge in [0.15, 0.2) is 0 Å². The third-order valence-electron chi connectivity index (χ3n) is 4.18. The molecule has 1 atom stereocenters. The average Bonchev–Trinajstić information content (AvgIpc) is 3.28. The van der Waals surface area contributed by atoms with Gasteiger partial charge < -0.3 is 5.32 Å². The van der Waals surface area contributed by atoms with E-state index in [-0.39, 0.29) is 11.2 Å². The lowest BCUT2D eigenvalue weighted by molar-refractivity contribution is -0.115. The number of para-hydroxylation sites is 1. The van der Waals surface area contributed by atoms with Crippen molar-refractivity contribution in [2.45, 2.75) is 62.9 Å². The van der Waals surface area contributed by atoms with Gasteiger partial charge in [-0.2, -0.15) is 0 Å². The van der Waals surface area contributed by atoms with Crippen molar-refractivity contribution in [1.29, 1.82) is 0 Å². The van der Waals surface area contributed by atoms with Crippen molar-refractivity contribution in [3.05, 3.63) is 29.3 Å². The maximum absolute atomic E-state index is 12.7. The zero-order valence-corrected chi connectivity index (χ0v) is 15.3. The largest absolute Gasteiger partial charge is 0.325 e. The molecular weight excluding hydrogens is 322 g/mol. The Balaban J connectivity index is 1.72. The number of hydrogen-bond acceptors (Lipinski definition) is 5. The summed E-state index contributed by atoms with van der Waals surface area (Å²) in [6, 6.07) is 6.52. The Morgan fingerprint density at radius 1 is 1.33 bits per heavy atom. The van der Waals surface area contributed by atoms with Crippen LogP contribution in [0, 0.1) is 6.92 Å². The number of carbonyl (C=O) groups is 1. The third kappa shape index (κ3) is 3.61. The average molecular weight is 345 g/mol. The Kier molecular flexibility index (Phi) is 4.89. The zero-order chi connectivity index (χ0) is 17.3. The van der Waals surface area contributed by atoms with E-state index in [0.29, 0.717) is 17.1 Å².